The van der Waals surface area contributed by atoms with Gasteiger partial charge in [-0.05, 0) is 42.7 Å². The van der Waals surface area contributed by atoms with E-state index in [2.05, 4.69) is 26.0 Å². The van der Waals surface area contributed by atoms with Gasteiger partial charge >= 0.3 is 0 Å². The molecular formula is C17H18O2S. The van der Waals surface area contributed by atoms with Gasteiger partial charge in [-0.2, -0.15) is 0 Å². The number of hydrogen-bond acceptors (Lipinski definition) is 3. The molecule has 3 heteroatoms. The average molecular weight is 286 g/mol. The van der Waals surface area contributed by atoms with E-state index in [-0.39, 0.29) is 6.10 Å². The number of hydrogen-bond donors (Lipinski definition) is 1. The lowest BCUT2D eigenvalue weighted by Crippen LogP contribution is -2.30. The summed E-state index contributed by atoms with van der Waals surface area (Å²) < 4.78 is 5.97. The van der Waals surface area contributed by atoms with Crippen molar-refractivity contribution in [1.82, 2.24) is 0 Å². The SMILES string of the molecule is Cc1cccc(C(O)C2CSc3ccccc3O2)c1C. The first kappa shape index (κ1) is 13.5. The quantitative estimate of drug-likeness (QED) is 0.908. The van der Waals surface area contributed by atoms with Crippen LogP contribution in [0.25, 0.3) is 0 Å². The van der Waals surface area contributed by atoms with Crippen molar-refractivity contribution in [3.05, 3.63) is 59.2 Å². The summed E-state index contributed by atoms with van der Waals surface area (Å²) >= 11 is 1.74. The number of thioether (sulfide) groups is 1. The summed E-state index contributed by atoms with van der Waals surface area (Å²) in [6.07, 6.45) is -0.786. The second-order valence-corrected chi connectivity index (χ2v) is 6.21. The molecule has 2 atom stereocenters. The average Bonchev–Trinajstić information content (AvgIpc) is 2.49. The van der Waals surface area contributed by atoms with Crippen LogP contribution in [0.1, 0.15) is 22.8 Å². The molecule has 2 unspecified atom stereocenters. The highest BCUT2D eigenvalue weighted by molar-refractivity contribution is 7.99. The Morgan fingerprint density at radius 2 is 1.95 bits per heavy atom. The Labute approximate surface area is 123 Å². The minimum absolute atomic E-state index is 0.199. The lowest BCUT2D eigenvalue weighted by Gasteiger charge is -2.30. The fourth-order valence-electron chi connectivity index (χ4n) is 2.49. The molecule has 0 aromatic heterocycles. The Balaban J connectivity index is 1.86. The topological polar surface area (TPSA) is 29.5 Å². The van der Waals surface area contributed by atoms with Crippen LogP contribution in [0.5, 0.6) is 5.75 Å². The fourth-order valence-corrected chi connectivity index (χ4v) is 3.51. The Morgan fingerprint density at radius 1 is 1.15 bits per heavy atom. The van der Waals surface area contributed by atoms with Crippen LogP contribution in [-0.4, -0.2) is 17.0 Å². The van der Waals surface area contributed by atoms with Gasteiger partial charge in [0.25, 0.3) is 0 Å². The number of fused-ring (bicyclic) bond motifs is 1. The summed E-state index contributed by atoms with van der Waals surface area (Å²) in [5, 5.41) is 10.6. The number of ether oxygens (including phenoxy) is 1. The maximum absolute atomic E-state index is 10.6. The minimum Gasteiger partial charge on any atom is -0.485 e. The normalized spacial score (nSPS) is 19.1. The van der Waals surface area contributed by atoms with Gasteiger partial charge in [-0.15, -0.1) is 11.8 Å². The largest absolute Gasteiger partial charge is 0.485 e. The van der Waals surface area contributed by atoms with Crippen LogP contribution >= 0.6 is 11.8 Å². The summed E-state index contributed by atoms with van der Waals surface area (Å²) in [4.78, 5) is 1.15. The van der Waals surface area contributed by atoms with E-state index in [0.717, 1.165) is 27.5 Å². The van der Waals surface area contributed by atoms with Crippen molar-refractivity contribution in [3.63, 3.8) is 0 Å². The van der Waals surface area contributed by atoms with Crippen LogP contribution < -0.4 is 4.74 Å². The van der Waals surface area contributed by atoms with E-state index in [1.165, 1.54) is 5.56 Å². The van der Waals surface area contributed by atoms with Crippen molar-refractivity contribution in [2.75, 3.05) is 5.75 Å². The van der Waals surface area contributed by atoms with Crippen LogP contribution in [0.4, 0.5) is 0 Å². The molecule has 1 N–H and O–H groups in total. The van der Waals surface area contributed by atoms with Crippen LogP contribution in [-0.2, 0) is 0 Å². The third-order valence-electron chi connectivity index (χ3n) is 3.85. The van der Waals surface area contributed by atoms with Gasteiger partial charge in [0.2, 0.25) is 0 Å². The van der Waals surface area contributed by atoms with E-state index < -0.39 is 6.10 Å². The zero-order valence-electron chi connectivity index (χ0n) is 11.7. The third-order valence-corrected chi connectivity index (χ3v) is 4.99. The number of aryl methyl sites for hydroxylation is 1. The van der Waals surface area contributed by atoms with Crippen molar-refractivity contribution >= 4 is 11.8 Å². The van der Waals surface area contributed by atoms with Gasteiger partial charge in [0.15, 0.2) is 0 Å². The number of rotatable bonds is 2. The minimum atomic E-state index is -0.587. The van der Waals surface area contributed by atoms with Crippen molar-refractivity contribution < 1.29 is 9.84 Å². The summed E-state index contributed by atoms with van der Waals surface area (Å²) in [5.41, 5.74) is 3.31. The lowest BCUT2D eigenvalue weighted by atomic mass is 9.96. The second-order valence-electron chi connectivity index (χ2n) is 5.15. The molecule has 0 saturated carbocycles. The number of aliphatic hydroxyl groups excluding tert-OH is 1. The van der Waals surface area contributed by atoms with Gasteiger partial charge in [0, 0.05) is 10.6 Å². The predicted octanol–water partition coefficient (Wildman–Crippen LogP) is 3.89. The first-order valence-corrected chi connectivity index (χ1v) is 7.78. The molecule has 1 aliphatic rings. The van der Waals surface area contributed by atoms with Crippen molar-refractivity contribution in [1.29, 1.82) is 0 Å². The molecule has 0 saturated heterocycles. The van der Waals surface area contributed by atoms with E-state index in [9.17, 15) is 5.11 Å². The first-order valence-electron chi connectivity index (χ1n) is 6.79. The van der Waals surface area contributed by atoms with Gasteiger partial charge in [-0.1, -0.05) is 30.3 Å². The molecule has 0 radical (unpaired) electrons. The standard InChI is InChI=1S/C17H18O2S/c1-11-6-5-7-13(12(11)2)17(18)15-10-20-16-9-4-3-8-14(16)19-15/h3-9,15,17-18H,10H2,1-2H3. The Hall–Kier alpha value is -1.45. The zero-order valence-corrected chi connectivity index (χ0v) is 12.5. The number of para-hydroxylation sites is 1. The molecule has 20 heavy (non-hydrogen) atoms. The monoisotopic (exact) mass is 286 g/mol. The molecule has 0 fully saturated rings. The van der Waals surface area contributed by atoms with E-state index >= 15 is 0 Å². The predicted molar refractivity (Wildman–Crippen MR) is 82.5 cm³/mol. The van der Waals surface area contributed by atoms with Crippen LogP contribution in [0, 0.1) is 13.8 Å². The second kappa shape index (κ2) is 5.51. The molecule has 3 rings (SSSR count). The molecule has 104 valence electrons. The smallest absolute Gasteiger partial charge is 0.138 e. The fraction of sp³-hybridized carbons (Fsp3) is 0.294. The summed E-state index contributed by atoms with van der Waals surface area (Å²) in [5.74, 6) is 1.64. The number of aliphatic hydroxyl groups is 1. The number of benzene rings is 2. The van der Waals surface area contributed by atoms with Gasteiger partial charge in [-0.3, -0.25) is 0 Å². The van der Waals surface area contributed by atoms with Gasteiger partial charge in [0.1, 0.15) is 18.0 Å². The Bertz CT molecular complexity index is 624. The highest BCUT2D eigenvalue weighted by Crippen LogP contribution is 2.38. The van der Waals surface area contributed by atoms with Crippen LogP contribution in [0.15, 0.2) is 47.4 Å². The van der Waals surface area contributed by atoms with Crippen LogP contribution in [0.2, 0.25) is 0 Å². The van der Waals surface area contributed by atoms with E-state index in [1.807, 2.05) is 30.3 Å². The van der Waals surface area contributed by atoms with E-state index in [1.54, 1.807) is 11.8 Å². The maximum Gasteiger partial charge on any atom is 0.138 e. The highest BCUT2D eigenvalue weighted by atomic mass is 32.2. The molecule has 1 aliphatic heterocycles. The van der Waals surface area contributed by atoms with Crippen molar-refractivity contribution in [2.24, 2.45) is 0 Å². The molecule has 0 aliphatic carbocycles. The van der Waals surface area contributed by atoms with Crippen molar-refractivity contribution in [3.8, 4) is 5.75 Å². The third kappa shape index (κ3) is 2.43. The zero-order chi connectivity index (χ0) is 14.1. The first-order chi connectivity index (χ1) is 9.66. The van der Waals surface area contributed by atoms with Gasteiger partial charge in [0.05, 0.1) is 0 Å². The van der Waals surface area contributed by atoms with Crippen LogP contribution in [0.3, 0.4) is 0 Å². The molecule has 2 nitrogen and oxygen atoms in total. The summed E-state index contributed by atoms with van der Waals surface area (Å²) in [7, 11) is 0. The molecule has 0 amide bonds. The molecule has 2 aromatic rings. The summed E-state index contributed by atoms with van der Waals surface area (Å²) in [6, 6.07) is 14.0. The van der Waals surface area contributed by atoms with E-state index in [0.29, 0.717) is 0 Å². The molecule has 0 bridgehead atoms. The van der Waals surface area contributed by atoms with Crippen molar-refractivity contribution in [2.45, 2.75) is 31.0 Å². The van der Waals surface area contributed by atoms with Gasteiger partial charge < -0.3 is 9.84 Å². The summed E-state index contributed by atoms with van der Waals surface area (Å²) in [6.45, 7) is 4.12. The Morgan fingerprint density at radius 3 is 2.80 bits per heavy atom. The molecule has 2 aromatic carbocycles. The van der Waals surface area contributed by atoms with E-state index in [4.69, 9.17) is 4.74 Å². The highest BCUT2D eigenvalue weighted by Gasteiger charge is 2.28. The lowest BCUT2D eigenvalue weighted by molar-refractivity contribution is 0.0453. The molecule has 0 spiro atoms. The molecular weight excluding hydrogens is 268 g/mol. The molecule has 1 heterocycles. The maximum atomic E-state index is 10.6. The Kier molecular flexibility index (Phi) is 3.72. The van der Waals surface area contributed by atoms with Gasteiger partial charge in [-0.25, -0.2) is 0 Å².